The Labute approximate surface area is 111 Å². The molecule has 0 aliphatic carbocycles. The molecule has 2 heterocycles. The fraction of sp³-hybridized carbons (Fsp3) is 0.286. The molecule has 0 bridgehead atoms. The van der Waals surface area contributed by atoms with Gasteiger partial charge in [-0.15, -0.1) is 0 Å². The minimum Gasteiger partial charge on any atom is -0.491 e. The summed E-state index contributed by atoms with van der Waals surface area (Å²) in [7, 11) is 1.79. The van der Waals surface area contributed by atoms with Crippen LogP contribution in [0.5, 0.6) is 5.75 Å². The number of ether oxygens (including phenoxy) is 1. The van der Waals surface area contributed by atoms with E-state index in [-0.39, 0.29) is 11.9 Å². The molecule has 2 aromatic rings. The summed E-state index contributed by atoms with van der Waals surface area (Å²) in [6.07, 6.45) is 4.06. The Kier molecular flexibility index (Phi) is 2.95. The molecular formula is C14H15N3O2. The fourth-order valence-electron chi connectivity index (χ4n) is 2.23. The number of amides is 1. The van der Waals surface area contributed by atoms with Gasteiger partial charge >= 0.3 is 0 Å². The number of carbonyl (C=O) groups excluding carboxylic acids is 1. The summed E-state index contributed by atoms with van der Waals surface area (Å²) in [4.78, 5) is 12.0. The molecule has 5 heteroatoms. The number of fused-ring (bicyclic) bond motifs is 1. The summed E-state index contributed by atoms with van der Waals surface area (Å²) in [5.41, 5.74) is 1.70. The molecule has 1 aliphatic heterocycles. The first-order chi connectivity index (χ1) is 9.22. The molecule has 5 nitrogen and oxygen atoms in total. The number of nitrogens with zero attached hydrogens (tertiary/aromatic N) is 2. The lowest BCUT2D eigenvalue weighted by Crippen LogP contribution is -2.42. The van der Waals surface area contributed by atoms with Crippen molar-refractivity contribution in [1.82, 2.24) is 15.1 Å². The maximum atomic E-state index is 12.0. The van der Waals surface area contributed by atoms with Gasteiger partial charge in [0.25, 0.3) is 5.91 Å². The predicted molar refractivity (Wildman–Crippen MR) is 70.1 cm³/mol. The molecule has 1 aliphatic rings. The van der Waals surface area contributed by atoms with Crippen LogP contribution >= 0.6 is 0 Å². The van der Waals surface area contributed by atoms with Gasteiger partial charge in [-0.3, -0.25) is 9.48 Å². The molecule has 0 spiro atoms. The SMILES string of the molecule is Cn1cc(C(=O)NC2COc3ccccc3C2)cn1. The maximum Gasteiger partial charge on any atom is 0.254 e. The highest BCUT2D eigenvalue weighted by molar-refractivity contribution is 5.93. The molecule has 0 fully saturated rings. The Morgan fingerprint density at radius 1 is 1.47 bits per heavy atom. The number of hydrogen-bond donors (Lipinski definition) is 1. The lowest BCUT2D eigenvalue weighted by molar-refractivity contribution is 0.0915. The summed E-state index contributed by atoms with van der Waals surface area (Å²) in [6.45, 7) is 0.503. The number of rotatable bonds is 2. The topological polar surface area (TPSA) is 56.2 Å². The first kappa shape index (κ1) is 11.8. The van der Waals surface area contributed by atoms with Crippen molar-refractivity contribution >= 4 is 5.91 Å². The molecule has 1 amide bonds. The quantitative estimate of drug-likeness (QED) is 0.878. The molecule has 0 radical (unpaired) electrons. The number of carbonyl (C=O) groups is 1. The van der Waals surface area contributed by atoms with Crippen LogP contribution in [0.25, 0.3) is 0 Å². The maximum absolute atomic E-state index is 12.0. The number of aromatic nitrogens is 2. The molecule has 1 aromatic heterocycles. The molecule has 0 saturated heterocycles. The van der Waals surface area contributed by atoms with Crippen LogP contribution in [-0.4, -0.2) is 28.3 Å². The van der Waals surface area contributed by atoms with Crippen molar-refractivity contribution in [1.29, 1.82) is 0 Å². The summed E-state index contributed by atoms with van der Waals surface area (Å²) in [5, 5.41) is 6.96. The minimum atomic E-state index is -0.110. The third-order valence-corrected chi connectivity index (χ3v) is 3.18. The fourth-order valence-corrected chi connectivity index (χ4v) is 2.23. The Morgan fingerprint density at radius 2 is 2.32 bits per heavy atom. The van der Waals surface area contributed by atoms with Gasteiger partial charge in [-0.05, 0) is 18.1 Å². The summed E-state index contributed by atoms with van der Waals surface area (Å²) >= 11 is 0. The van der Waals surface area contributed by atoms with E-state index in [1.165, 1.54) is 0 Å². The van der Waals surface area contributed by atoms with E-state index in [1.54, 1.807) is 24.1 Å². The first-order valence-electron chi connectivity index (χ1n) is 6.22. The van der Waals surface area contributed by atoms with Crippen molar-refractivity contribution in [3.8, 4) is 5.75 Å². The van der Waals surface area contributed by atoms with E-state index in [2.05, 4.69) is 10.4 Å². The van der Waals surface area contributed by atoms with Crippen LogP contribution in [0.1, 0.15) is 15.9 Å². The summed E-state index contributed by atoms with van der Waals surface area (Å²) < 4.78 is 7.26. The predicted octanol–water partition coefficient (Wildman–Crippen LogP) is 1.15. The summed E-state index contributed by atoms with van der Waals surface area (Å²) in [6, 6.07) is 7.91. The second kappa shape index (κ2) is 4.76. The summed E-state index contributed by atoms with van der Waals surface area (Å²) in [5.74, 6) is 0.801. The van der Waals surface area contributed by atoms with E-state index >= 15 is 0 Å². The van der Waals surface area contributed by atoms with Gasteiger partial charge in [0, 0.05) is 13.2 Å². The van der Waals surface area contributed by atoms with Crippen LogP contribution in [0, 0.1) is 0 Å². The van der Waals surface area contributed by atoms with Crippen LogP contribution in [0.4, 0.5) is 0 Å². The largest absolute Gasteiger partial charge is 0.491 e. The van der Waals surface area contributed by atoms with Crippen molar-refractivity contribution in [3.05, 3.63) is 47.8 Å². The molecule has 1 aromatic carbocycles. The van der Waals surface area contributed by atoms with Crippen molar-refractivity contribution < 1.29 is 9.53 Å². The minimum absolute atomic E-state index is 0.00241. The second-order valence-corrected chi connectivity index (χ2v) is 4.70. The average molecular weight is 257 g/mol. The van der Waals surface area contributed by atoms with Crippen molar-refractivity contribution in [2.45, 2.75) is 12.5 Å². The van der Waals surface area contributed by atoms with Gasteiger partial charge in [-0.2, -0.15) is 5.10 Å². The number of hydrogen-bond acceptors (Lipinski definition) is 3. The second-order valence-electron chi connectivity index (χ2n) is 4.70. The van der Waals surface area contributed by atoms with Crippen LogP contribution in [0.2, 0.25) is 0 Å². The lowest BCUT2D eigenvalue weighted by Gasteiger charge is -2.25. The van der Waals surface area contributed by atoms with Crippen LogP contribution in [0.15, 0.2) is 36.7 Å². The number of benzene rings is 1. The standard InChI is InChI=1S/C14H15N3O2/c1-17-8-11(7-15-17)14(18)16-12-6-10-4-2-3-5-13(10)19-9-12/h2-5,7-8,12H,6,9H2,1H3,(H,16,18). The zero-order valence-corrected chi connectivity index (χ0v) is 10.7. The van der Waals surface area contributed by atoms with E-state index in [9.17, 15) is 4.79 Å². The normalized spacial score (nSPS) is 17.4. The molecule has 1 unspecified atom stereocenters. The van der Waals surface area contributed by atoms with Gasteiger partial charge in [0.05, 0.1) is 17.8 Å². The van der Waals surface area contributed by atoms with Crippen molar-refractivity contribution in [3.63, 3.8) is 0 Å². The third-order valence-electron chi connectivity index (χ3n) is 3.18. The van der Waals surface area contributed by atoms with Crippen LogP contribution in [0.3, 0.4) is 0 Å². The van der Waals surface area contributed by atoms with Gasteiger partial charge in [-0.1, -0.05) is 18.2 Å². The van der Waals surface area contributed by atoms with E-state index in [0.717, 1.165) is 17.7 Å². The molecular weight excluding hydrogens is 242 g/mol. The van der Waals surface area contributed by atoms with E-state index in [0.29, 0.717) is 12.2 Å². The van der Waals surface area contributed by atoms with Crippen LogP contribution < -0.4 is 10.1 Å². The number of aryl methyl sites for hydroxylation is 1. The Bertz CT molecular complexity index is 606. The van der Waals surface area contributed by atoms with Crippen molar-refractivity contribution in [2.24, 2.45) is 7.05 Å². The van der Waals surface area contributed by atoms with Gasteiger partial charge in [0.1, 0.15) is 12.4 Å². The Morgan fingerprint density at radius 3 is 3.11 bits per heavy atom. The number of nitrogens with one attached hydrogen (secondary N) is 1. The highest BCUT2D eigenvalue weighted by atomic mass is 16.5. The molecule has 1 N–H and O–H groups in total. The van der Waals surface area contributed by atoms with E-state index in [1.807, 2.05) is 24.3 Å². The smallest absolute Gasteiger partial charge is 0.254 e. The van der Waals surface area contributed by atoms with Crippen LogP contribution in [-0.2, 0) is 13.5 Å². The molecule has 0 saturated carbocycles. The number of para-hydroxylation sites is 1. The van der Waals surface area contributed by atoms with Gasteiger partial charge in [0.2, 0.25) is 0 Å². The molecule has 19 heavy (non-hydrogen) atoms. The first-order valence-corrected chi connectivity index (χ1v) is 6.22. The average Bonchev–Trinajstić information content (AvgIpc) is 2.85. The molecule has 3 rings (SSSR count). The zero-order valence-electron chi connectivity index (χ0n) is 10.7. The Balaban J connectivity index is 1.68. The van der Waals surface area contributed by atoms with Crippen molar-refractivity contribution in [2.75, 3.05) is 6.61 Å². The highest BCUT2D eigenvalue weighted by Crippen LogP contribution is 2.23. The van der Waals surface area contributed by atoms with Gasteiger partial charge in [-0.25, -0.2) is 0 Å². The Hall–Kier alpha value is -2.30. The lowest BCUT2D eigenvalue weighted by atomic mass is 10.0. The zero-order chi connectivity index (χ0) is 13.2. The monoisotopic (exact) mass is 257 g/mol. The van der Waals surface area contributed by atoms with Gasteiger partial charge < -0.3 is 10.1 Å². The highest BCUT2D eigenvalue weighted by Gasteiger charge is 2.21. The van der Waals surface area contributed by atoms with Gasteiger partial charge in [0.15, 0.2) is 0 Å². The molecule has 1 atom stereocenters. The van der Waals surface area contributed by atoms with E-state index in [4.69, 9.17) is 4.74 Å². The van der Waals surface area contributed by atoms with E-state index < -0.39 is 0 Å². The third kappa shape index (κ3) is 2.45. The molecule has 98 valence electrons.